The molecule has 1 aromatic heterocycles. The van der Waals surface area contributed by atoms with Gasteiger partial charge in [-0.05, 0) is 19.9 Å². The summed E-state index contributed by atoms with van der Waals surface area (Å²) in [7, 11) is 1.97. The lowest BCUT2D eigenvalue weighted by atomic mass is 10.0. The van der Waals surface area contributed by atoms with Gasteiger partial charge in [-0.15, -0.1) is 0 Å². The van der Waals surface area contributed by atoms with Crippen molar-refractivity contribution in [2.24, 2.45) is 0 Å². The van der Waals surface area contributed by atoms with Gasteiger partial charge in [0.2, 0.25) is 0 Å². The molecule has 0 spiro atoms. The SMILES string of the molecule is CCc1ncncc1C(CC)NC. The highest BCUT2D eigenvalue weighted by atomic mass is 14.9. The zero-order valence-electron chi connectivity index (χ0n) is 8.54. The average Bonchev–Trinajstić information content (AvgIpc) is 2.20. The van der Waals surface area contributed by atoms with Gasteiger partial charge in [0, 0.05) is 23.5 Å². The molecule has 3 nitrogen and oxygen atoms in total. The van der Waals surface area contributed by atoms with Crippen LogP contribution in [0.2, 0.25) is 0 Å². The van der Waals surface area contributed by atoms with E-state index in [2.05, 4.69) is 29.1 Å². The first-order valence-corrected chi connectivity index (χ1v) is 4.79. The standard InChI is InChI=1S/C10H17N3/c1-4-9(11-3)8-6-12-7-13-10(8)5-2/h6-7,9,11H,4-5H2,1-3H3. The van der Waals surface area contributed by atoms with E-state index in [1.807, 2.05) is 13.2 Å². The second kappa shape index (κ2) is 4.92. The van der Waals surface area contributed by atoms with Crippen molar-refractivity contribution in [3.8, 4) is 0 Å². The predicted molar refractivity (Wildman–Crippen MR) is 53.5 cm³/mol. The normalized spacial score (nSPS) is 12.8. The second-order valence-electron chi connectivity index (χ2n) is 3.03. The van der Waals surface area contributed by atoms with E-state index in [-0.39, 0.29) is 0 Å². The topological polar surface area (TPSA) is 37.8 Å². The summed E-state index contributed by atoms with van der Waals surface area (Å²) in [6, 6.07) is 0.385. The highest BCUT2D eigenvalue weighted by molar-refractivity contribution is 5.20. The lowest BCUT2D eigenvalue weighted by Gasteiger charge is -2.15. The molecule has 0 aromatic carbocycles. The number of hydrogen-bond donors (Lipinski definition) is 1. The van der Waals surface area contributed by atoms with Crippen molar-refractivity contribution >= 4 is 0 Å². The average molecular weight is 179 g/mol. The van der Waals surface area contributed by atoms with Crippen LogP contribution in [0.3, 0.4) is 0 Å². The summed E-state index contributed by atoms with van der Waals surface area (Å²) in [6.07, 6.45) is 5.56. The van der Waals surface area contributed by atoms with E-state index in [0.29, 0.717) is 6.04 Å². The molecule has 72 valence electrons. The molecule has 0 aliphatic carbocycles. The lowest BCUT2D eigenvalue weighted by Crippen LogP contribution is -2.17. The van der Waals surface area contributed by atoms with Gasteiger partial charge in [-0.1, -0.05) is 13.8 Å². The van der Waals surface area contributed by atoms with Crippen LogP contribution in [0.5, 0.6) is 0 Å². The zero-order chi connectivity index (χ0) is 9.68. The molecule has 0 bridgehead atoms. The Morgan fingerprint density at radius 3 is 2.77 bits per heavy atom. The maximum atomic E-state index is 4.26. The van der Waals surface area contributed by atoms with Crippen molar-refractivity contribution in [1.29, 1.82) is 0 Å². The Hall–Kier alpha value is -0.960. The predicted octanol–water partition coefficient (Wildman–Crippen LogP) is 1.71. The minimum Gasteiger partial charge on any atom is -0.313 e. The zero-order valence-corrected chi connectivity index (χ0v) is 8.54. The Balaban J connectivity index is 2.96. The quantitative estimate of drug-likeness (QED) is 0.764. The smallest absolute Gasteiger partial charge is 0.115 e. The number of aryl methyl sites for hydroxylation is 1. The molecule has 0 aliphatic heterocycles. The molecule has 0 radical (unpaired) electrons. The highest BCUT2D eigenvalue weighted by Gasteiger charge is 2.10. The van der Waals surface area contributed by atoms with Crippen molar-refractivity contribution < 1.29 is 0 Å². The highest BCUT2D eigenvalue weighted by Crippen LogP contribution is 2.17. The molecule has 0 fully saturated rings. The van der Waals surface area contributed by atoms with Crippen LogP contribution in [-0.2, 0) is 6.42 Å². The summed E-state index contributed by atoms with van der Waals surface area (Å²) in [4.78, 5) is 8.32. The molecule has 0 amide bonds. The molecule has 1 aromatic rings. The molecule has 0 saturated heterocycles. The van der Waals surface area contributed by atoms with Gasteiger partial charge in [0.25, 0.3) is 0 Å². The second-order valence-corrected chi connectivity index (χ2v) is 3.03. The van der Waals surface area contributed by atoms with E-state index in [1.54, 1.807) is 6.33 Å². The van der Waals surface area contributed by atoms with E-state index in [9.17, 15) is 0 Å². The summed E-state index contributed by atoms with van der Waals surface area (Å²) in [5.41, 5.74) is 2.38. The number of aromatic nitrogens is 2. The minimum atomic E-state index is 0.385. The van der Waals surface area contributed by atoms with Gasteiger partial charge in [-0.2, -0.15) is 0 Å². The van der Waals surface area contributed by atoms with Gasteiger partial charge >= 0.3 is 0 Å². The number of nitrogens with one attached hydrogen (secondary N) is 1. The first-order valence-electron chi connectivity index (χ1n) is 4.79. The molecule has 1 N–H and O–H groups in total. The van der Waals surface area contributed by atoms with Crippen LogP contribution < -0.4 is 5.32 Å². The maximum absolute atomic E-state index is 4.26. The molecule has 13 heavy (non-hydrogen) atoms. The van der Waals surface area contributed by atoms with E-state index in [0.717, 1.165) is 18.5 Å². The molecule has 0 aliphatic rings. The number of nitrogens with zero attached hydrogens (tertiary/aromatic N) is 2. The Bertz CT molecular complexity index is 256. The summed E-state index contributed by atoms with van der Waals surface area (Å²) in [5.74, 6) is 0. The fourth-order valence-corrected chi connectivity index (χ4v) is 1.53. The minimum absolute atomic E-state index is 0.385. The lowest BCUT2D eigenvalue weighted by molar-refractivity contribution is 0.566. The third-order valence-electron chi connectivity index (χ3n) is 2.29. The monoisotopic (exact) mass is 179 g/mol. The third kappa shape index (κ3) is 2.25. The van der Waals surface area contributed by atoms with Gasteiger partial charge in [0.1, 0.15) is 6.33 Å². The largest absolute Gasteiger partial charge is 0.313 e. The van der Waals surface area contributed by atoms with Crippen LogP contribution in [0.25, 0.3) is 0 Å². The number of hydrogen-bond acceptors (Lipinski definition) is 3. The van der Waals surface area contributed by atoms with E-state index < -0.39 is 0 Å². The van der Waals surface area contributed by atoms with E-state index in [1.165, 1.54) is 5.56 Å². The third-order valence-corrected chi connectivity index (χ3v) is 2.29. The Labute approximate surface area is 79.6 Å². The first-order chi connectivity index (χ1) is 6.33. The van der Waals surface area contributed by atoms with Crippen molar-refractivity contribution in [2.75, 3.05) is 7.05 Å². The van der Waals surface area contributed by atoms with Crippen molar-refractivity contribution in [3.05, 3.63) is 23.8 Å². The van der Waals surface area contributed by atoms with Crippen molar-refractivity contribution in [2.45, 2.75) is 32.7 Å². The van der Waals surface area contributed by atoms with E-state index >= 15 is 0 Å². The fourth-order valence-electron chi connectivity index (χ4n) is 1.53. The van der Waals surface area contributed by atoms with Crippen LogP contribution >= 0.6 is 0 Å². The van der Waals surface area contributed by atoms with Gasteiger partial charge in [-0.25, -0.2) is 9.97 Å². The summed E-state index contributed by atoms with van der Waals surface area (Å²) >= 11 is 0. The van der Waals surface area contributed by atoms with Gasteiger partial charge in [0.15, 0.2) is 0 Å². The Kier molecular flexibility index (Phi) is 3.83. The molecule has 3 heteroatoms. The molecular formula is C10H17N3. The summed E-state index contributed by atoms with van der Waals surface area (Å²) in [6.45, 7) is 4.28. The van der Waals surface area contributed by atoms with Crippen molar-refractivity contribution in [1.82, 2.24) is 15.3 Å². The molecule has 1 heterocycles. The molecule has 1 unspecified atom stereocenters. The summed E-state index contributed by atoms with van der Waals surface area (Å²) < 4.78 is 0. The van der Waals surface area contributed by atoms with Gasteiger partial charge in [0.05, 0.1) is 0 Å². The first kappa shape index (κ1) is 10.1. The molecule has 0 saturated carbocycles. The Morgan fingerprint density at radius 1 is 1.46 bits per heavy atom. The summed E-state index contributed by atoms with van der Waals surface area (Å²) in [5, 5.41) is 3.26. The van der Waals surface area contributed by atoms with Crippen LogP contribution in [0.15, 0.2) is 12.5 Å². The van der Waals surface area contributed by atoms with Crippen LogP contribution in [0, 0.1) is 0 Å². The van der Waals surface area contributed by atoms with Crippen LogP contribution in [-0.4, -0.2) is 17.0 Å². The van der Waals surface area contributed by atoms with Crippen LogP contribution in [0.1, 0.15) is 37.6 Å². The van der Waals surface area contributed by atoms with Gasteiger partial charge < -0.3 is 5.32 Å². The van der Waals surface area contributed by atoms with Crippen molar-refractivity contribution in [3.63, 3.8) is 0 Å². The van der Waals surface area contributed by atoms with Crippen LogP contribution in [0.4, 0.5) is 0 Å². The van der Waals surface area contributed by atoms with Gasteiger partial charge in [-0.3, -0.25) is 0 Å². The maximum Gasteiger partial charge on any atom is 0.115 e. The molecular weight excluding hydrogens is 162 g/mol. The van der Waals surface area contributed by atoms with E-state index in [4.69, 9.17) is 0 Å². The molecule has 1 atom stereocenters. The fraction of sp³-hybridized carbons (Fsp3) is 0.600. The molecule has 1 rings (SSSR count). The number of rotatable bonds is 4. The Morgan fingerprint density at radius 2 is 2.23 bits per heavy atom.